The quantitative estimate of drug-likeness (QED) is 0.591. The minimum absolute atomic E-state index is 0.196. The topological polar surface area (TPSA) is 54.5 Å². The summed E-state index contributed by atoms with van der Waals surface area (Å²) < 4.78 is 12.7. The van der Waals surface area contributed by atoms with E-state index in [1.165, 1.54) is 24.3 Å². The van der Waals surface area contributed by atoms with Crippen LogP contribution in [0.15, 0.2) is 24.3 Å². The molecule has 1 aromatic carbocycles. The molecule has 1 saturated carbocycles. The van der Waals surface area contributed by atoms with Crippen molar-refractivity contribution in [3.8, 4) is 0 Å². The fourth-order valence-electron chi connectivity index (χ4n) is 2.28. The lowest BCUT2D eigenvalue weighted by molar-refractivity contribution is -0.140. The number of rotatable bonds is 3. The smallest absolute Gasteiger partial charge is 0.233 e. The van der Waals surface area contributed by atoms with Gasteiger partial charge < -0.3 is 0 Å². The van der Waals surface area contributed by atoms with Crippen LogP contribution in [0.5, 0.6) is 0 Å². The number of hydrogen-bond donors (Lipinski definition) is 0. The summed E-state index contributed by atoms with van der Waals surface area (Å²) in [6.07, 6.45) is 0.624. The fourth-order valence-corrected chi connectivity index (χ4v) is 2.28. The molecule has 0 aromatic heterocycles. The molecule has 2 amide bonds. The number of carbonyl (C=O) groups is 3. The Morgan fingerprint density at radius 1 is 1.17 bits per heavy atom. The average molecular weight is 247 g/mol. The lowest BCUT2D eigenvalue weighted by Crippen LogP contribution is -2.37. The van der Waals surface area contributed by atoms with E-state index in [0.717, 1.165) is 4.90 Å². The van der Waals surface area contributed by atoms with Crippen LogP contribution in [0.2, 0.25) is 0 Å². The number of Topliss-reactive ketones (excluding diaryl/α,β-unsaturated/α-hetero) is 1. The number of ketones is 1. The number of nitrogens with zero attached hydrogens (tertiary/aromatic N) is 1. The number of hydrogen-bond acceptors (Lipinski definition) is 3. The highest BCUT2D eigenvalue weighted by atomic mass is 19.1. The molecule has 3 rings (SSSR count). The maximum atomic E-state index is 12.7. The third-order valence-electron chi connectivity index (χ3n) is 3.42. The summed E-state index contributed by atoms with van der Waals surface area (Å²) in [6, 6.07) is 5.06. The van der Waals surface area contributed by atoms with Crippen molar-refractivity contribution in [2.24, 2.45) is 11.8 Å². The molecule has 0 spiro atoms. The molecule has 0 N–H and O–H groups in total. The largest absolute Gasteiger partial charge is 0.292 e. The summed E-state index contributed by atoms with van der Waals surface area (Å²) in [6.45, 7) is -0.240. The predicted octanol–water partition coefficient (Wildman–Crippen LogP) is 1.01. The van der Waals surface area contributed by atoms with E-state index >= 15 is 0 Å². The summed E-state index contributed by atoms with van der Waals surface area (Å²) in [4.78, 5) is 36.2. The van der Waals surface area contributed by atoms with Gasteiger partial charge in [-0.25, -0.2) is 4.39 Å². The minimum Gasteiger partial charge on any atom is -0.292 e. The van der Waals surface area contributed by atoms with Crippen LogP contribution < -0.4 is 0 Å². The van der Waals surface area contributed by atoms with Gasteiger partial charge in [0, 0.05) is 5.56 Å². The van der Waals surface area contributed by atoms with Crippen LogP contribution in [0.25, 0.3) is 0 Å². The van der Waals surface area contributed by atoms with Crippen molar-refractivity contribution >= 4 is 17.6 Å². The van der Waals surface area contributed by atoms with Gasteiger partial charge in [-0.3, -0.25) is 19.3 Å². The summed E-state index contributed by atoms with van der Waals surface area (Å²) >= 11 is 0. The summed E-state index contributed by atoms with van der Waals surface area (Å²) in [7, 11) is 0. The van der Waals surface area contributed by atoms with Gasteiger partial charge >= 0.3 is 0 Å². The molecular weight excluding hydrogens is 237 g/mol. The van der Waals surface area contributed by atoms with Gasteiger partial charge in [0.1, 0.15) is 5.82 Å². The van der Waals surface area contributed by atoms with Gasteiger partial charge in [-0.2, -0.15) is 0 Å². The Labute approximate surface area is 102 Å². The molecular formula is C13H10FNO3. The summed E-state index contributed by atoms with van der Waals surface area (Å²) in [5.74, 6) is -1.67. The van der Waals surface area contributed by atoms with Crippen molar-refractivity contribution in [2.75, 3.05) is 6.54 Å². The minimum atomic E-state index is -0.430. The van der Waals surface area contributed by atoms with E-state index in [1.54, 1.807) is 0 Å². The molecule has 5 heteroatoms. The fraction of sp³-hybridized carbons (Fsp3) is 0.308. The Morgan fingerprint density at radius 2 is 1.72 bits per heavy atom. The number of amides is 2. The molecule has 4 nitrogen and oxygen atoms in total. The third-order valence-corrected chi connectivity index (χ3v) is 3.42. The maximum absolute atomic E-state index is 12.7. The predicted molar refractivity (Wildman–Crippen MR) is 59.0 cm³/mol. The molecule has 0 radical (unpaired) electrons. The zero-order valence-electron chi connectivity index (χ0n) is 9.43. The number of benzene rings is 1. The summed E-state index contributed by atoms with van der Waals surface area (Å²) in [5, 5.41) is 0. The SMILES string of the molecule is O=C(CN1C(=O)[C@H]2C[C@@H]2C1=O)c1ccc(F)cc1. The van der Waals surface area contributed by atoms with E-state index in [2.05, 4.69) is 0 Å². The van der Waals surface area contributed by atoms with Crippen molar-refractivity contribution in [3.63, 3.8) is 0 Å². The molecule has 1 aliphatic carbocycles. The zero-order chi connectivity index (χ0) is 12.9. The molecule has 0 bridgehead atoms. The first-order valence-corrected chi connectivity index (χ1v) is 5.72. The second-order valence-electron chi connectivity index (χ2n) is 4.64. The molecule has 92 valence electrons. The van der Waals surface area contributed by atoms with Crippen molar-refractivity contribution in [2.45, 2.75) is 6.42 Å². The van der Waals surface area contributed by atoms with Crippen LogP contribution in [-0.2, 0) is 9.59 Å². The lowest BCUT2D eigenvalue weighted by atomic mass is 10.1. The van der Waals surface area contributed by atoms with E-state index in [4.69, 9.17) is 0 Å². The highest BCUT2D eigenvalue weighted by Gasteiger charge is 2.58. The van der Waals surface area contributed by atoms with Crippen LogP contribution in [0.1, 0.15) is 16.8 Å². The van der Waals surface area contributed by atoms with Crippen molar-refractivity contribution < 1.29 is 18.8 Å². The Balaban J connectivity index is 1.73. The van der Waals surface area contributed by atoms with Crippen LogP contribution in [-0.4, -0.2) is 29.0 Å². The first-order chi connectivity index (χ1) is 8.58. The van der Waals surface area contributed by atoms with Crippen LogP contribution >= 0.6 is 0 Å². The van der Waals surface area contributed by atoms with Gasteiger partial charge in [-0.05, 0) is 30.7 Å². The highest BCUT2D eigenvalue weighted by molar-refractivity contribution is 6.12. The van der Waals surface area contributed by atoms with Crippen molar-refractivity contribution in [1.29, 1.82) is 0 Å². The standard InChI is InChI=1S/C13H10FNO3/c14-8-3-1-7(2-4-8)11(16)6-15-12(17)9-5-10(9)13(15)18/h1-4,9-10H,5-6H2/t9-,10-/m0/s1. The lowest BCUT2D eigenvalue weighted by Gasteiger charge is -2.15. The van der Waals surface area contributed by atoms with Crippen LogP contribution in [0.3, 0.4) is 0 Å². The van der Waals surface area contributed by atoms with E-state index < -0.39 is 5.82 Å². The molecule has 2 aliphatic rings. The number of likely N-dealkylation sites (tertiary alicyclic amines) is 1. The Morgan fingerprint density at radius 3 is 2.28 bits per heavy atom. The zero-order valence-corrected chi connectivity index (χ0v) is 9.43. The second kappa shape index (κ2) is 3.73. The van der Waals surface area contributed by atoms with E-state index in [9.17, 15) is 18.8 Å². The summed E-state index contributed by atoms with van der Waals surface area (Å²) in [5.41, 5.74) is 0.303. The van der Waals surface area contributed by atoms with E-state index in [1.807, 2.05) is 0 Å². The average Bonchev–Trinajstić information content (AvgIpc) is 3.10. The highest BCUT2D eigenvalue weighted by Crippen LogP contribution is 2.46. The number of piperidine rings is 1. The van der Waals surface area contributed by atoms with E-state index in [0.29, 0.717) is 12.0 Å². The second-order valence-corrected chi connectivity index (χ2v) is 4.64. The molecule has 18 heavy (non-hydrogen) atoms. The van der Waals surface area contributed by atoms with Gasteiger partial charge in [0.25, 0.3) is 0 Å². The number of carbonyl (C=O) groups excluding carboxylic acids is 3. The molecule has 1 aliphatic heterocycles. The molecule has 2 fully saturated rings. The Bertz CT molecular complexity index is 532. The number of imide groups is 1. The van der Waals surface area contributed by atoms with Gasteiger partial charge in [-0.15, -0.1) is 0 Å². The van der Waals surface area contributed by atoms with Crippen LogP contribution in [0.4, 0.5) is 4.39 Å². The van der Waals surface area contributed by atoms with Gasteiger partial charge in [0.2, 0.25) is 11.8 Å². The molecule has 1 heterocycles. The van der Waals surface area contributed by atoms with Crippen molar-refractivity contribution in [1.82, 2.24) is 4.90 Å². The van der Waals surface area contributed by atoms with E-state index in [-0.39, 0.29) is 36.0 Å². The molecule has 1 aromatic rings. The molecule has 1 saturated heterocycles. The Kier molecular flexibility index (Phi) is 2.29. The normalized spacial score (nSPS) is 25.3. The maximum Gasteiger partial charge on any atom is 0.233 e. The number of halogens is 1. The molecule has 2 atom stereocenters. The van der Waals surface area contributed by atoms with Gasteiger partial charge in [0.05, 0.1) is 18.4 Å². The van der Waals surface area contributed by atoms with Gasteiger partial charge in [0.15, 0.2) is 5.78 Å². The van der Waals surface area contributed by atoms with Crippen LogP contribution in [0, 0.1) is 17.7 Å². The third kappa shape index (κ3) is 1.63. The first-order valence-electron chi connectivity index (χ1n) is 5.72. The van der Waals surface area contributed by atoms with Crippen molar-refractivity contribution in [3.05, 3.63) is 35.6 Å². The first kappa shape index (κ1) is 11.1. The number of fused-ring (bicyclic) bond motifs is 1. The molecule has 0 unspecified atom stereocenters. The Hall–Kier alpha value is -2.04. The van der Waals surface area contributed by atoms with Gasteiger partial charge in [-0.1, -0.05) is 0 Å². The monoisotopic (exact) mass is 247 g/mol.